The average molecular weight is 303 g/mol. The molecular weight excluding hydrogens is 289 g/mol. The molecule has 0 saturated heterocycles. The zero-order valence-corrected chi connectivity index (χ0v) is 12.0. The number of amides is 2. The lowest BCUT2D eigenvalue weighted by Gasteiger charge is -2.07. The van der Waals surface area contributed by atoms with Crippen molar-refractivity contribution in [2.24, 2.45) is 5.73 Å². The molecule has 1 aromatic carbocycles. The van der Waals surface area contributed by atoms with Crippen LogP contribution in [0, 0.1) is 17.7 Å². The Morgan fingerprint density at radius 3 is 2.95 bits per heavy atom. The molecule has 0 radical (unpaired) electrons. The zero-order chi connectivity index (χ0) is 15.1. The lowest BCUT2D eigenvalue weighted by atomic mass is 10.3. The molecule has 1 aromatic heterocycles. The largest absolute Gasteiger partial charge is 0.333 e. The molecule has 108 valence electrons. The molecule has 2 aromatic rings. The van der Waals surface area contributed by atoms with Crippen LogP contribution in [0.15, 0.2) is 35.7 Å². The summed E-state index contributed by atoms with van der Waals surface area (Å²) in [6.07, 6.45) is 0. The number of hydrogen-bond acceptors (Lipinski definition) is 3. The number of carbonyl (C=O) groups is 1. The van der Waals surface area contributed by atoms with Gasteiger partial charge in [-0.05, 0) is 18.2 Å². The first-order chi connectivity index (χ1) is 10.2. The van der Waals surface area contributed by atoms with Crippen LogP contribution in [0.3, 0.4) is 0 Å². The number of thiophene rings is 1. The summed E-state index contributed by atoms with van der Waals surface area (Å²) in [4.78, 5) is 12.6. The van der Waals surface area contributed by atoms with Crippen molar-refractivity contribution in [3.63, 3.8) is 0 Å². The van der Waals surface area contributed by atoms with E-state index in [4.69, 9.17) is 5.73 Å². The fourth-order valence-electron chi connectivity index (χ4n) is 1.59. The maximum Gasteiger partial charge on any atom is 0.319 e. The Kier molecular flexibility index (Phi) is 5.32. The molecule has 4 N–H and O–H groups in total. The van der Waals surface area contributed by atoms with Gasteiger partial charge < -0.3 is 16.4 Å². The van der Waals surface area contributed by atoms with Crippen LogP contribution < -0.4 is 16.4 Å². The molecule has 1 heterocycles. The number of halogens is 1. The van der Waals surface area contributed by atoms with Crippen LogP contribution in [0.25, 0.3) is 0 Å². The van der Waals surface area contributed by atoms with Gasteiger partial charge in [-0.15, -0.1) is 11.3 Å². The van der Waals surface area contributed by atoms with Crippen molar-refractivity contribution in [2.75, 3.05) is 11.9 Å². The highest BCUT2D eigenvalue weighted by Crippen LogP contribution is 2.14. The summed E-state index contributed by atoms with van der Waals surface area (Å²) in [7, 11) is 0. The van der Waals surface area contributed by atoms with Gasteiger partial charge in [0.05, 0.1) is 18.8 Å². The second-order valence-electron chi connectivity index (χ2n) is 4.10. The lowest BCUT2D eigenvalue weighted by Crippen LogP contribution is -2.28. The first-order valence-corrected chi connectivity index (χ1v) is 7.12. The highest BCUT2D eigenvalue weighted by atomic mass is 32.1. The van der Waals surface area contributed by atoms with Crippen molar-refractivity contribution >= 4 is 23.1 Å². The standard InChI is InChI=1S/C15H14FN3OS/c16-13-5-1-2-6-14(13)19-15(20)18-9-12-8-11(10-21-12)4-3-7-17/h1-2,5-6,8,10H,7,9,17H2,(H2,18,19,20). The summed E-state index contributed by atoms with van der Waals surface area (Å²) >= 11 is 1.49. The maximum atomic E-state index is 13.4. The summed E-state index contributed by atoms with van der Waals surface area (Å²) < 4.78 is 13.4. The molecule has 0 fully saturated rings. The number of carbonyl (C=O) groups excluding carboxylic acids is 1. The van der Waals surface area contributed by atoms with Gasteiger partial charge in [-0.2, -0.15) is 0 Å². The van der Waals surface area contributed by atoms with E-state index in [1.807, 2.05) is 11.4 Å². The molecule has 0 aliphatic carbocycles. The van der Waals surface area contributed by atoms with E-state index in [1.165, 1.54) is 23.5 Å². The molecular formula is C15H14FN3OS. The van der Waals surface area contributed by atoms with Crippen LogP contribution in [0.4, 0.5) is 14.9 Å². The monoisotopic (exact) mass is 303 g/mol. The van der Waals surface area contributed by atoms with Crippen LogP contribution >= 0.6 is 11.3 Å². The minimum Gasteiger partial charge on any atom is -0.333 e. The molecule has 0 saturated carbocycles. The Hall–Kier alpha value is -2.36. The summed E-state index contributed by atoms with van der Waals surface area (Å²) in [6, 6.07) is 7.44. The van der Waals surface area contributed by atoms with Crippen molar-refractivity contribution in [3.05, 3.63) is 52.0 Å². The smallest absolute Gasteiger partial charge is 0.319 e. The molecule has 0 atom stereocenters. The molecule has 2 amide bonds. The first kappa shape index (κ1) is 15.0. The SMILES string of the molecule is NCC#Cc1csc(CNC(=O)Nc2ccccc2F)c1. The third-order valence-corrected chi connectivity index (χ3v) is 3.47. The third kappa shape index (κ3) is 4.60. The van der Waals surface area contributed by atoms with Crippen LogP contribution in [-0.2, 0) is 6.54 Å². The van der Waals surface area contributed by atoms with E-state index in [2.05, 4.69) is 22.5 Å². The molecule has 21 heavy (non-hydrogen) atoms. The van der Waals surface area contributed by atoms with Crippen LogP contribution in [0.1, 0.15) is 10.4 Å². The number of urea groups is 1. The number of para-hydroxylation sites is 1. The number of nitrogens with one attached hydrogen (secondary N) is 2. The summed E-state index contributed by atoms with van der Waals surface area (Å²) in [5.41, 5.74) is 6.32. The predicted octanol–water partition coefficient (Wildman–Crippen LogP) is 2.52. The van der Waals surface area contributed by atoms with Crippen molar-refractivity contribution in [3.8, 4) is 11.8 Å². The highest BCUT2D eigenvalue weighted by molar-refractivity contribution is 7.10. The second-order valence-corrected chi connectivity index (χ2v) is 5.09. The van der Waals surface area contributed by atoms with Gasteiger partial charge >= 0.3 is 6.03 Å². The van der Waals surface area contributed by atoms with E-state index in [0.717, 1.165) is 10.4 Å². The van der Waals surface area contributed by atoms with Gasteiger partial charge in [0.1, 0.15) is 5.82 Å². The van der Waals surface area contributed by atoms with Crippen LogP contribution in [0.2, 0.25) is 0 Å². The van der Waals surface area contributed by atoms with Crippen molar-refractivity contribution in [1.82, 2.24) is 5.32 Å². The van der Waals surface area contributed by atoms with Gasteiger partial charge in [0.25, 0.3) is 0 Å². The van der Waals surface area contributed by atoms with Crippen molar-refractivity contribution < 1.29 is 9.18 Å². The predicted molar refractivity (Wildman–Crippen MR) is 82.5 cm³/mol. The molecule has 6 heteroatoms. The Bertz CT molecular complexity index is 687. The minimum atomic E-state index is -0.469. The fourth-order valence-corrected chi connectivity index (χ4v) is 2.34. The molecule has 2 rings (SSSR count). The number of anilines is 1. The Labute approximate surface area is 126 Å². The van der Waals surface area contributed by atoms with E-state index in [1.54, 1.807) is 12.1 Å². The highest BCUT2D eigenvalue weighted by Gasteiger charge is 2.06. The van der Waals surface area contributed by atoms with Gasteiger partial charge in [-0.3, -0.25) is 0 Å². The number of benzene rings is 1. The number of hydrogen-bond donors (Lipinski definition) is 3. The van der Waals surface area contributed by atoms with Gasteiger partial charge in [0, 0.05) is 15.8 Å². The Morgan fingerprint density at radius 2 is 2.19 bits per heavy atom. The van der Waals surface area contributed by atoms with Gasteiger partial charge in [0.2, 0.25) is 0 Å². The Balaban J connectivity index is 1.87. The quantitative estimate of drug-likeness (QED) is 0.763. The number of nitrogens with two attached hydrogens (primary N) is 1. The topological polar surface area (TPSA) is 67.1 Å². The first-order valence-electron chi connectivity index (χ1n) is 6.25. The van der Waals surface area contributed by atoms with Crippen LogP contribution in [-0.4, -0.2) is 12.6 Å². The van der Waals surface area contributed by atoms with Crippen molar-refractivity contribution in [2.45, 2.75) is 6.54 Å². The number of rotatable bonds is 3. The van der Waals surface area contributed by atoms with E-state index in [-0.39, 0.29) is 5.69 Å². The maximum absolute atomic E-state index is 13.4. The van der Waals surface area contributed by atoms with Gasteiger partial charge in [-0.25, -0.2) is 9.18 Å². The Morgan fingerprint density at radius 1 is 1.38 bits per heavy atom. The molecule has 0 unspecified atom stereocenters. The molecule has 0 spiro atoms. The summed E-state index contributed by atoms with van der Waals surface area (Å²) in [6.45, 7) is 0.670. The zero-order valence-electron chi connectivity index (χ0n) is 11.2. The normalized spacial score (nSPS) is 9.62. The third-order valence-electron chi connectivity index (χ3n) is 2.53. The average Bonchev–Trinajstić information content (AvgIpc) is 2.93. The van der Waals surface area contributed by atoms with Crippen molar-refractivity contribution in [1.29, 1.82) is 0 Å². The fraction of sp³-hybridized carbons (Fsp3) is 0.133. The van der Waals surface area contributed by atoms with E-state index < -0.39 is 11.8 Å². The summed E-state index contributed by atoms with van der Waals surface area (Å²) in [5, 5.41) is 7.02. The van der Waals surface area contributed by atoms with E-state index in [0.29, 0.717) is 13.1 Å². The molecule has 0 bridgehead atoms. The van der Waals surface area contributed by atoms with E-state index in [9.17, 15) is 9.18 Å². The summed E-state index contributed by atoms with van der Waals surface area (Å²) in [5.74, 6) is 5.21. The van der Waals surface area contributed by atoms with E-state index >= 15 is 0 Å². The molecule has 0 aliphatic heterocycles. The second kappa shape index (κ2) is 7.43. The van der Waals surface area contributed by atoms with Crippen LogP contribution in [0.5, 0.6) is 0 Å². The minimum absolute atomic E-state index is 0.149. The molecule has 4 nitrogen and oxygen atoms in total. The molecule has 0 aliphatic rings. The van der Waals surface area contributed by atoms with Gasteiger partial charge in [0.15, 0.2) is 0 Å². The van der Waals surface area contributed by atoms with Gasteiger partial charge in [-0.1, -0.05) is 24.0 Å². The lowest BCUT2D eigenvalue weighted by molar-refractivity contribution is 0.251.